The zero-order valence-corrected chi connectivity index (χ0v) is 13.0. The molecule has 0 saturated carbocycles. The van der Waals surface area contributed by atoms with E-state index in [1.165, 1.54) is 12.8 Å². The van der Waals surface area contributed by atoms with E-state index in [-0.39, 0.29) is 0 Å². The molecule has 0 aliphatic carbocycles. The Morgan fingerprint density at radius 2 is 1.58 bits per heavy atom. The van der Waals surface area contributed by atoms with E-state index in [2.05, 4.69) is 42.6 Å². The topological polar surface area (TPSA) is 55.0 Å². The minimum absolute atomic E-state index is 0.370. The molecular formula is C15H28N4. The van der Waals surface area contributed by atoms with Crippen LogP contribution in [0.25, 0.3) is 0 Å². The van der Waals surface area contributed by atoms with Gasteiger partial charge in [-0.1, -0.05) is 27.7 Å². The van der Waals surface area contributed by atoms with E-state index in [0.29, 0.717) is 17.8 Å². The Bertz CT molecular complexity index is 355. The van der Waals surface area contributed by atoms with Gasteiger partial charge in [0.15, 0.2) is 0 Å². The molecule has 0 spiro atoms. The highest BCUT2D eigenvalue weighted by atomic mass is 15.2. The summed E-state index contributed by atoms with van der Waals surface area (Å²) < 4.78 is 0. The van der Waals surface area contributed by atoms with E-state index in [1.54, 1.807) is 0 Å². The first-order valence-electron chi connectivity index (χ1n) is 7.24. The lowest BCUT2D eigenvalue weighted by atomic mass is 10.1. The predicted octanol–water partition coefficient (Wildman–Crippen LogP) is 3.27. The minimum atomic E-state index is 0.370. The van der Waals surface area contributed by atoms with Gasteiger partial charge >= 0.3 is 0 Å². The number of nitrogens with two attached hydrogens (primary N) is 1. The van der Waals surface area contributed by atoms with Gasteiger partial charge in [-0.3, -0.25) is 0 Å². The van der Waals surface area contributed by atoms with Crippen molar-refractivity contribution in [3.05, 3.63) is 11.8 Å². The van der Waals surface area contributed by atoms with Crippen molar-refractivity contribution in [3.63, 3.8) is 0 Å². The fourth-order valence-electron chi connectivity index (χ4n) is 1.91. The van der Waals surface area contributed by atoms with Gasteiger partial charge in [0.2, 0.25) is 5.95 Å². The summed E-state index contributed by atoms with van der Waals surface area (Å²) in [5.74, 6) is 2.73. The van der Waals surface area contributed by atoms with Crippen LogP contribution >= 0.6 is 0 Å². The first-order valence-corrected chi connectivity index (χ1v) is 7.24. The lowest BCUT2D eigenvalue weighted by Gasteiger charge is -2.25. The molecule has 0 amide bonds. The second-order valence-corrected chi connectivity index (χ2v) is 6.08. The molecule has 4 nitrogen and oxygen atoms in total. The van der Waals surface area contributed by atoms with Crippen molar-refractivity contribution in [3.8, 4) is 0 Å². The minimum Gasteiger partial charge on any atom is -0.368 e. The van der Waals surface area contributed by atoms with E-state index >= 15 is 0 Å². The van der Waals surface area contributed by atoms with Crippen LogP contribution in [0.15, 0.2) is 6.07 Å². The molecule has 0 unspecified atom stereocenters. The average molecular weight is 264 g/mol. The Hall–Kier alpha value is -1.32. The summed E-state index contributed by atoms with van der Waals surface area (Å²) in [6, 6.07) is 2.02. The molecule has 0 fully saturated rings. The van der Waals surface area contributed by atoms with Gasteiger partial charge in [-0.25, -0.2) is 4.98 Å². The van der Waals surface area contributed by atoms with E-state index < -0.39 is 0 Å². The first-order chi connectivity index (χ1) is 8.88. The quantitative estimate of drug-likeness (QED) is 0.821. The van der Waals surface area contributed by atoms with Gasteiger partial charge in [0.05, 0.1) is 0 Å². The van der Waals surface area contributed by atoms with Crippen LogP contribution in [0, 0.1) is 18.8 Å². The van der Waals surface area contributed by atoms with Crippen LogP contribution in [0.4, 0.5) is 11.8 Å². The Morgan fingerprint density at radius 1 is 1.05 bits per heavy atom. The summed E-state index contributed by atoms with van der Waals surface area (Å²) in [5.41, 5.74) is 6.69. The molecule has 0 aliphatic heterocycles. The average Bonchev–Trinajstić information content (AvgIpc) is 2.26. The largest absolute Gasteiger partial charge is 0.368 e. The van der Waals surface area contributed by atoms with Gasteiger partial charge in [-0.05, 0) is 31.6 Å². The third-order valence-corrected chi connectivity index (χ3v) is 3.13. The van der Waals surface area contributed by atoms with Crippen molar-refractivity contribution in [2.75, 3.05) is 23.7 Å². The molecule has 0 bridgehead atoms. The van der Waals surface area contributed by atoms with Crippen LogP contribution in [0.3, 0.4) is 0 Å². The van der Waals surface area contributed by atoms with Crippen LogP contribution < -0.4 is 10.6 Å². The number of nitrogen functional groups attached to an aromatic ring is 1. The van der Waals surface area contributed by atoms with Crippen LogP contribution in [-0.4, -0.2) is 23.1 Å². The van der Waals surface area contributed by atoms with Crippen LogP contribution in [-0.2, 0) is 0 Å². The second kappa shape index (κ2) is 7.31. The maximum absolute atomic E-state index is 5.76. The van der Waals surface area contributed by atoms with Crippen molar-refractivity contribution in [1.82, 2.24) is 9.97 Å². The van der Waals surface area contributed by atoms with Crippen molar-refractivity contribution in [2.45, 2.75) is 47.5 Å². The van der Waals surface area contributed by atoms with Gasteiger partial charge in [0, 0.05) is 24.8 Å². The van der Waals surface area contributed by atoms with Crippen molar-refractivity contribution < 1.29 is 0 Å². The normalized spacial score (nSPS) is 11.3. The molecule has 0 atom stereocenters. The van der Waals surface area contributed by atoms with Crippen LogP contribution in [0.2, 0.25) is 0 Å². The Kier molecular flexibility index (Phi) is 6.06. The van der Waals surface area contributed by atoms with E-state index in [1.807, 2.05) is 13.0 Å². The smallest absolute Gasteiger partial charge is 0.222 e. The molecule has 0 radical (unpaired) electrons. The molecule has 1 rings (SSSR count). The molecule has 4 heteroatoms. The number of anilines is 2. The summed E-state index contributed by atoms with van der Waals surface area (Å²) in [7, 11) is 0. The molecular weight excluding hydrogens is 236 g/mol. The molecule has 0 saturated heterocycles. The van der Waals surface area contributed by atoms with Crippen molar-refractivity contribution in [2.24, 2.45) is 11.8 Å². The highest BCUT2D eigenvalue weighted by Crippen LogP contribution is 2.17. The molecule has 0 aliphatic rings. The molecule has 0 aromatic carbocycles. The zero-order valence-electron chi connectivity index (χ0n) is 13.0. The van der Waals surface area contributed by atoms with Gasteiger partial charge in [0.1, 0.15) is 5.82 Å². The van der Waals surface area contributed by atoms with Gasteiger partial charge in [0.25, 0.3) is 0 Å². The Balaban J connectivity index is 2.80. The fraction of sp³-hybridized carbons (Fsp3) is 0.733. The number of aryl methyl sites for hydroxylation is 1. The number of aromatic nitrogens is 2. The standard InChI is InChI=1S/C15H28N4/c1-11(2)6-8-19(9-7-12(3)4)14-10-13(5)17-15(16)18-14/h10-12H,6-9H2,1-5H3,(H2,16,17,18). The Labute approximate surface area is 117 Å². The van der Waals surface area contributed by atoms with Crippen molar-refractivity contribution in [1.29, 1.82) is 0 Å². The highest BCUT2D eigenvalue weighted by Gasteiger charge is 2.11. The first kappa shape index (κ1) is 15.7. The summed E-state index contributed by atoms with van der Waals surface area (Å²) in [5, 5.41) is 0. The number of hydrogen-bond acceptors (Lipinski definition) is 4. The maximum Gasteiger partial charge on any atom is 0.222 e. The fourth-order valence-corrected chi connectivity index (χ4v) is 1.91. The molecule has 1 aromatic rings. The van der Waals surface area contributed by atoms with Crippen LogP contribution in [0.5, 0.6) is 0 Å². The molecule has 1 aromatic heterocycles. The zero-order chi connectivity index (χ0) is 14.4. The van der Waals surface area contributed by atoms with Gasteiger partial charge in [-0.2, -0.15) is 4.98 Å². The highest BCUT2D eigenvalue weighted by molar-refractivity contribution is 5.43. The summed E-state index contributed by atoms with van der Waals surface area (Å²) in [6.45, 7) is 13.0. The summed E-state index contributed by atoms with van der Waals surface area (Å²) in [6.07, 6.45) is 2.34. The lowest BCUT2D eigenvalue weighted by Crippen LogP contribution is -2.28. The summed E-state index contributed by atoms with van der Waals surface area (Å²) >= 11 is 0. The van der Waals surface area contributed by atoms with E-state index in [4.69, 9.17) is 5.73 Å². The SMILES string of the molecule is Cc1cc(N(CCC(C)C)CCC(C)C)nc(N)n1. The van der Waals surface area contributed by atoms with E-state index in [9.17, 15) is 0 Å². The third-order valence-electron chi connectivity index (χ3n) is 3.13. The number of nitrogens with zero attached hydrogens (tertiary/aromatic N) is 3. The predicted molar refractivity (Wildman–Crippen MR) is 82.3 cm³/mol. The molecule has 1 heterocycles. The van der Waals surface area contributed by atoms with Gasteiger partial charge in [-0.15, -0.1) is 0 Å². The Morgan fingerprint density at radius 3 is 2.00 bits per heavy atom. The third kappa shape index (κ3) is 5.90. The second-order valence-electron chi connectivity index (χ2n) is 6.08. The molecule has 2 N–H and O–H groups in total. The monoisotopic (exact) mass is 264 g/mol. The number of rotatable bonds is 7. The maximum atomic E-state index is 5.76. The van der Waals surface area contributed by atoms with E-state index in [0.717, 1.165) is 24.6 Å². The van der Waals surface area contributed by atoms with Gasteiger partial charge < -0.3 is 10.6 Å². The molecule has 19 heavy (non-hydrogen) atoms. The van der Waals surface area contributed by atoms with Crippen molar-refractivity contribution >= 4 is 11.8 Å². The summed E-state index contributed by atoms with van der Waals surface area (Å²) in [4.78, 5) is 10.9. The lowest BCUT2D eigenvalue weighted by molar-refractivity contribution is 0.533. The van der Waals surface area contributed by atoms with Crippen LogP contribution in [0.1, 0.15) is 46.2 Å². The molecule has 108 valence electrons. The number of hydrogen-bond donors (Lipinski definition) is 1.